The SMILES string of the molecule is O=C(O)C(=O)C=C(O)c1cccc(Cc2ccccc2)c1. The fourth-order valence-corrected chi connectivity index (χ4v) is 1.94. The maximum absolute atomic E-state index is 11.1. The van der Waals surface area contributed by atoms with Crippen LogP contribution in [0.3, 0.4) is 0 Å². The van der Waals surface area contributed by atoms with Crippen LogP contribution in [0, 0.1) is 0 Å². The predicted octanol–water partition coefficient (Wildman–Crippen LogP) is 2.83. The third-order valence-corrected chi connectivity index (χ3v) is 2.95. The summed E-state index contributed by atoms with van der Waals surface area (Å²) in [6.45, 7) is 0. The van der Waals surface area contributed by atoms with Gasteiger partial charge in [-0.15, -0.1) is 0 Å². The van der Waals surface area contributed by atoms with Crippen LogP contribution in [0.15, 0.2) is 60.7 Å². The summed E-state index contributed by atoms with van der Waals surface area (Å²) in [7, 11) is 0. The predicted molar refractivity (Wildman–Crippen MR) is 78.9 cm³/mol. The number of carbonyl (C=O) groups excluding carboxylic acids is 1. The minimum Gasteiger partial charge on any atom is -0.507 e. The summed E-state index contributed by atoms with van der Waals surface area (Å²) in [6, 6.07) is 16.8. The molecule has 4 nitrogen and oxygen atoms in total. The summed E-state index contributed by atoms with van der Waals surface area (Å²) in [6.07, 6.45) is 1.40. The fourth-order valence-electron chi connectivity index (χ4n) is 1.94. The van der Waals surface area contributed by atoms with Crippen molar-refractivity contribution in [1.82, 2.24) is 0 Å². The van der Waals surface area contributed by atoms with Gasteiger partial charge in [0.15, 0.2) is 0 Å². The summed E-state index contributed by atoms with van der Waals surface area (Å²) in [5, 5.41) is 18.3. The number of aliphatic hydroxyl groups is 1. The second-order valence-corrected chi connectivity index (χ2v) is 4.56. The lowest BCUT2D eigenvalue weighted by Gasteiger charge is -2.05. The Bertz CT molecular complexity index is 687. The van der Waals surface area contributed by atoms with Crippen LogP contribution in [-0.4, -0.2) is 22.0 Å². The molecule has 0 aliphatic rings. The highest BCUT2D eigenvalue weighted by atomic mass is 16.4. The number of carboxylic acids is 1. The lowest BCUT2D eigenvalue weighted by atomic mass is 10.0. The summed E-state index contributed by atoms with van der Waals surface area (Å²) in [5.41, 5.74) is 2.50. The molecule has 0 atom stereocenters. The van der Waals surface area contributed by atoms with Gasteiger partial charge in [-0.2, -0.15) is 0 Å². The zero-order chi connectivity index (χ0) is 15.2. The molecule has 0 aliphatic heterocycles. The third kappa shape index (κ3) is 4.04. The van der Waals surface area contributed by atoms with E-state index < -0.39 is 11.8 Å². The van der Waals surface area contributed by atoms with E-state index in [9.17, 15) is 14.7 Å². The maximum Gasteiger partial charge on any atom is 0.376 e. The van der Waals surface area contributed by atoms with E-state index in [0.717, 1.165) is 11.1 Å². The minimum absolute atomic E-state index is 0.350. The van der Waals surface area contributed by atoms with Crippen molar-refractivity contribution < 1.29 is 19.8 Å². The molecule has 0 unspecified atom stereocenters. The first kappa shape index (κ1) is 14.5. The summed E-state index contributed by atoms with van der Waals surface area (Å²) in [5.74, 6) is -3.10. The average molecular weight is 282 g/mol. The number of aliphatic hydroxyl groups excluding tert-OH is 1. The Morgan fingerprint density at radius 1 is 0.905 bits per heavy atom. The Morgan fingerprint density at radius 3 is 2.24 bits per heavy atom. The first-order valence-electron chi connectivity index (χ1n) is 6.37. The molecule has 0 radical (unpaired) electrons. The van der Waals surface area contributed by atoms with Crippen LogP contribution in [0.2, 0.25) is 0 Å². The molecule has 2 rings (SSSR count). The zero-order valence-electron chi connectivity index (χ0n) is 11.2. The van der Waals surface area contributed by atoms with Gasteiger partial charge in [0.2, 0.25) is 0 Å². The van der Waals surface area contributed by atoms with E-state index in [0.29, 0.717) is 18.1 Å². The minimum atomic E-state index is -1.60. The van der Waals surface area contributed by atoms with Crippen LogP contribution in [0.25, 0.3) is 5.76 Å². The highest BCUT2D eigenvalue weighted by Gasteiger charge is 2.10. The fraction of sp³-hybridized carbons (Fsp3) is 0.0588. The van der Waals surface area contributed by atoms with E-state index >= 15 is 0 Å². The van der Waals surface area contributed by atoms with Gasteiger partial charge in [0.25, 0.3) is 5.78 Å². The lowest BCUT2D eigenvalue weighted by Crippen LogP contribution is -2.09. The molecule has 2 aromatic carbocycles. The Morgan fingerprint density at radius 2 is 1.57 bits per heavy atom. The van der Waals surface area contributed by atoms with Crippen molar-refractivity contribution in [2.75, 3.05) is 0 Å². The monoisotopic (exact) mass is 282 g/mol. The molecular formula is C17H14O4. The van der Waals surface area contributed by atoms with Crippen molar-refractivity contribution in [3.63, 3.8) is 0 Å². The first-order chi connectivity index (χ1) is 10.1. The van der Waals surface area contributed by atoms with Crippen LogP contribution < -0.4 is 0 Å². The zero-order valence-corrected chi connectivity index (χ0v) is 11.2. The van der Waals surface area contributed by atoms with E-state index in [4.69, 9.17) is 5.11 Å². The standard InChI is InChI=1S/C17H14O4/c18-15(11-16(19)17(20)21)14-8-4-7-13(10-14)9-12-5-2-1-3-6-12/h1-8,10-11,18H,9H2,(H,20,21). The van der Waals surface area contributed by atoms with Crippen molar-refractivity contribution in [1.29, 1.82) is 0 Å². The maximum atomic E-state index is 11.1. The first-order valence-corrected chi connectivity index (χ1v) is 6.37. The van der Waals surface area contributed by atoms with Gasteiger partial charge in [0, 0.05) is 11.6 Å². The smallest absolute Gasteiger partial charge is 0.376 e. The molecule has 0 fully saturated rings. The van der Waals surface area contributed by atoms with Gasteiger partial charge in [-0.25, -0.2) is 4.79 Å². The van der Waals surface area contributed by atoms with E-state index in [2.05, 4.69) is 0 Å². The van der Waals surface area contributed by atoms with Crippen molar-refractivity contribution in [3.05, 3.63) is 77.4 Å². The Kier molecular flexibility index (Phi) is 4.51. The number of carboxylic acid groups (broad SMARTS) is 1. The van der Waals surface area contributed by atoms with E-state index in [1.807, 2.05) is 36.4 Å². The molecule has 0 heterocycles. The van der Waals surface area contributed by atoms with E-state index in [-0.39, 0.29) is 5.76 Å². The van der Waals surface area contributed by atoms with Crippen LogP contribution in [0.5, 0.6) is 0 Å². The number of rotatable bonds is 5. The van der Waals surface area contributed by atoms with Gasteiger partial charge in [-0.05, 0) is 23.6 Å². The molecule has 0 spiro atoms. The van der Waals surface area contributed by atoms with Gasteiger partial charge >= 0.3 is 5.97 Å². The topological polar surface area (TPSA) is 74.6 Å². The molecule has 106 valence electrons. The molecule has 0 saturated carbocycles. The van der Waals surface area contributed by atoms with Gasteiger partial charge < -0.3 is 10.2 Å². The average Bonchev–Trinajstić information content (AvgIpc) is 2.48. The largest absolute Gasteiger partial charge is 0.507 e. The molecule has 0 amide bonds. The van der Waals surface area contributed by atoms with Gasteiger partial charge in [-0.1, -0.05) is 48.5 Å². The Labute approximate surface area is 122 Å². The molecule has 0 bridgehead atoms. The summed E-state index contributed by atoms with van der Waals surface area (Å²) >= 11 is 0. The molecule has 2 N–H and O–H groups in total. The van der Waals surface area contributed by atoms with Crippen molar-refractivity contribution in [3.8, 4) is 0 Å². The van der Waals surface area contributed by atoms with Gasteiger partial charge in [0.1, 0.15) is 5.76 Å². The number of aliphatic carboxylic acids is 1. The summed E-state index contributed by atoms with van der Waals surface area (Å²) in [4.78, 5) is 21.5. The van der Waals surface area contributed by atoms with Crippen molar-refractivity contribution in [2.24, 2.45) is 0 Å². The molecule has 21 heavy (non-hydrogen) atoms. The second kappa shape index (κ2) is 6.52. The molecule has 0 aromatic heterocycles. The molecule has 4 heteroatoms. The normalized spacial score (nSPS) is 11.1. The Balaban J connectivity index is 2.22. The quantitative estimate of drug-likeness (QED) is 0.502. The summed E-state index contributed by atoms with van der Waals surface area (Å²) < 4.78 is 0. The van der Waals surface area contributed by atoms with E-state index in [1.54, 1.807) is 18.2 Å². The highest BCUT2D eigenvalue weighted by molar-refractivity contribution is 6.38. The van der Waals surface area contributed by atoms with Crippen LogP contribution in [0.4, 0.5) is 0 Å². The van der Waals surface area contributed by atoms with Crippen LogP contribution >= 0.6 is 0 Å². The third-order valence-electron chi connectivity index (χ3n) is 2.95. The molecule has 2 aromatic rings. The van der Waals surface area contributed by atoms with Gasteiger partial charge in [-0.3, -0.25) is 4.79 Å². The van der Waals surface area contributed by atoms with Crippen LogP contribution in [0.1, 0.15) is 16.7 Å². The number of hydrogen-bond donors (Lipinski definition) is 2. The lowest BCUT2D eigenvalue weighted by molar-refractivity contribution is -0.146. The highest BCUT2D eigenvalue weighted by Crippen LogP contribution is 2.16. The number of hydrogen-bond acceptors (Lipinski definition) is 3. The number of benzene rings is 2. The van der Waals surface area contributed by atoms with Crippen LogP contribution in [-0.2, 0) is 16.0 Å². The van der Waals surface area contributed by atoms with E-state index in [1.165, 1.54) is 0 Å². The molecule has 0 saturated heterocycles. The number of carbonyl (C=O) groups is 2. The molecular weight excluding hydrogens is 268 g/mol. The number of ketones is 1. The molecule has 0 aliphatic carbocycles. The van der Waals surface area contributed by atoms with Crippen molar-refractivity contribution in [2.45, 2.75) is 6.42 Å². The van der Waals surface area contributed by atoms with Crippen molar-refractivity contribution >= 4 is 17.5 Å². The Hall–Kier alpha value is -2.88. The second-order valence-electron chi connectivity index (χ2n) is 4.56. The van der Waals surface area contributed by atoms with Gasteiger partial charge in [0.05, 0.1) is 0 Å².